The molecular formula is C16H15FN2O3S. The molecule has 5 nitrogen and oxygen atoms in total. The molecule has 0 bridgehead atoms. The molecule has 0 spiro atoms. The molecule has 120 valence electrons. The van der Waals surface area contributed by atoms with E-state index in [2.05, 4.69) is 10.9 Å². The first-order valence-corrected chi connectivity index (χ1v) is 8.03. The van der Waals surface area contributed by atoms with Gasteiger partial charge < -0.3 is 4.74 Å². The fourth-order valence-electron chi connectivity index (χ4n) is 2.27. The summed E-state index contributed by atoms with van der Waals surface area (Å²) in [6, 6.07) is 9.50. The van der Waals surface area contributed by atoms with Crippen LogP contribution in [-0.2, 0) is 9.53 Å². The van der Waals surface area contributed by atoms with E-state index in [4.69, 9.17) is 4.74 Å². The van der Waals surface area contributed by atoms with Crippen LogP contribution in [0.4, 0.5) is 4.39 Å². The molecule has 0 radical (unpaired) electrons. The number of ether oxygens (including phenoxy) is 1. The topological polar surface area (TPSA) is 67.4 Å². The third-order valence-electron chi connectivity index (χ3n) is 3.48. The normalized spacial score (nSPS) is 17.0. The minimum atomic E-state index is -0.492. The SMILES string of the molecule is O=C(NNC(=O)C1CCCO1)c1ccc(-c2ccc(F)cc2)s1. The largest absolute Gasteiger partial charge is 0.368 e. The fraction of sp³-hybridized carbons (Fsp3) is 0.250. The molecule has 23 heavy (non-hydrogen) atoms. The van der Waals surface area contributed by atoms with Gasteiger partial charge in [0.2, 0.25) is 0 Å². The first kappa shape index (κ1) is 15.6. The standard InChI is InChI=1S/C16H15FN2O3S/c17-11-5-3-10(4-6-11)13-7-8-14(23-13)16(21)19-18-15(20)12-2-1-9-22-12/h3-8,12H,1-2,9H2,(H,18,20)(H,19,21). The zero-order valence-electron chi connectivity index (χ0n) is 12.2. The molecule has 1 unspecified atom stereocenters. The van der Waals surface area contributed by atoms with E-state index in [1.807, 2.05) is 0 Å². The maximum absolute atomic E-state index is 12.9. The number of carbonyl (C=O) groups excluding carboxylic acids is 2. The minimum absolute atomic E-state index is 0.305. The highest BCUT2D eigenvalue weighted by Gasteiger charge is 2.24. The fourth-order valence-corrected chi connectivity index (χ4v) is 3.18. The van der Waals surface area contributed by atoms with Crippen LogP contribution in [0.25, 0.3) is 10.4 Å². The summed E-state index contributed by atoms with van der Waals surface area (Å²) in [4.78, 5) is 25.1. The molecule has 0 saturated carbocycles. The van der Waals surface area contributed by atoms with Gasteiger partial charge in [-0.25, -0.2) is 4.39 Å². The number of halogens is 1. The second-order valence-electron chi connectivity index (χ2n) is 5.12. The highest BCUT2D eigenvalue weighted by molar-refractivity contribution is 7.17. The summed E-state index contributed by atoms with van der Waals surface area (Å²) in [7, 11) is 0. The summed E-state index contributed by atoms with van der Waals surface area (Å²) in [5.41, 5.74) is 5.59. The molecule has 1 aromatic heterocycles. The van der Waals surface area contributed by atoms with Crippen LogP contribution in [0.3, 0.4) is 0 Å². The smallest absolute Gasteiger partial charge is 0.279 e. The molecule has 0 aliphatic carbocycles. The monoisotopic (exact) mass is 334 g/mol. The van der Waals surface area contributed by atoms with Gasteiger partial charge >= 0.3 is 0 Å². The lowest BCUT2D eigenvalue weighted by molar-refractivity contribution is -0.130. The molecule has 2 N–H and O–H groups in total. The second-order valence-corrected chi connectivity index (χ2v) is 6.20. The molecule has 1 saturated heterocycles. The van der Waals surface area contributed by atoms with Gasteiger partial charge in [-0.3, -0.25) is 20.4 Å². The quantitative estimate of drug-likeness (QED) is 0.848. The van der Waals surface area contributed by atoms with Gasteiger partial charge in [0.1, 0.15) is 11.9 Å². The Kier molecular flexibility index (Phi) is 4.68. The highest BCUT2D eigenvalue weighted by Crippen LogP contribution is 2.28. The summed E-state index contributed by atoms with van der Waals surface area (Å²) in [6.45, 7) is 0.567. The average Bonchev–Trinajstić information content (AvgIpc) is 3.24. The van der Waals surface area contributed by atoms with Gasteiger partial charge in [0.05, 0.1) is 4.88 Å². The minimum Gasteiger partial charge on any atom is -0.368 e. The third kappa shape index (κ3) is 3.75. The maximum atomic E-state index is 12.9. The van der Waals surface area contributed by atoms with Gasteiger partial charge in [-0.1, -0.05) is 12.1 Å². The van der Waals surface area contributed by atoms with Gasteiger partial charge in [0.25, 0.3) is 11.8 Å². The van der Waals surface area contributed by atoms with Crippen molar-refractivity contribution in [3.8, 4) is 10.4 Å². The van der Waals surface area contributed by atoms with Crippen molar-refractivity contribution in [3.63, 3.8) is 0 Å². The Morgan fingerprint density at radius 3 is 2.61 bits per heavy atom. The van der Waals surface area contributed by atoms with E-state index in [1.54, 1.807) is 24.3 Å². The number of hydrogen-bond donors (Lipinski definition) is 2. The number of hydrogen-bond acceptors (Lipinski definition) is 4. The molecule has 1 aliphatic rings. The number of amides is 2. The van der Waals surface area contributed by atoms with Crippen LogP contribution in [0.1, 0.15) is 22.5 Å². The summed E-state index contributed by atoms with van der Waals surface area (Å²) in [5.74, 6) is -1.04. The summed E-state index contributed by atoms with van der Waals surface area (Å²) < 4.78 is 18.2. The lowest BCUT2D eigenvalue weighted by Crippen LogP contribution is -2.46. The van der Waals surface area contributed by atoms with E-state index in [0.29, 0.717) is 17.9 Å². The summed E-state index contributed by atoms with van der Waals surface area (Å²) in [5, 5.41) is 0. The summed E-state index contributed by atoms with van der Waals surface area (Å²) >= 11 is 1.27. The number of hydrazine groups is 1. The van der Waals surface area contributed by atoms with Gasteiger partial charge in [0, 0.05) is 11.5 Å². The van der Waals surface area contributed by atoms with Crippen molar-refractivity contribution in [2.45, 2.75) is 18.9 Å². The molecule has 1 atom stereocenters. The van der Waals surface area contributed by atoms with Gasteiger partial charge in [-0.15, -0.1) is 11.3 Å². The molecule has 1 fully saturated rings. The Labute approximate surface area is 136 Å². The highest BCUT2D eigenvalue weighted by atomic mass is 32.1. The van der Waals surface area contributed by atoms with Crippen LogP contribution in [0.15, 0.2) is 36.4 Å². The summed E-state index contributed by atoms with van der Waals surface area (Å²) in [6.07, 6.45) is 1.02. The van der Waals surface area contributed by atoms with Crippen molar-refractivity contribution in [3.05, 3.63) is 47.1 Å². The third-order valence-corrected chi connectivity index (χ3v) is 4.61. The zero-order valence-corrected chi connectivity index (χ0v) is 13.0. The van der Waals surface area contributed by atoms with E-state index in [0.717, 1.165) is 16.9 Å². The van der Waals surface area contributed by atoms with Crippen molar-refractivity contribution in [1.82, 2.24) is 10.9 Å². The van der Waals surface area contributed by atoms with E-state index < -0.39 is 12.0 Å². The van der Waals surface area contributed by atoms with E-state index >= 15 is 0 Å². The number of rotatable bonds is 3. The Hall–Kier alpha value is -2.25. The number of thiophene rings is 1. The number of benzene rings is 1. The van der Waals surface area contributed by atoms with Crippen LogP contribution < -0.4 is 10.9 Å². The Morgan fingerprint density at radius 1 is 1.13 bits per heavy atom. The van der Waals surface area contributed by atoms with Crippen LogP contribution >= 0.6 is 11.3 Å². The van der Waals surface area contributed by atoms with Gasteiger partial charge in [0.15, 0.2) is 0 Å². The van der Waals surface area contributed by atoms with E-state index in [9.17, 15) is 14.0 Å². The molecule has 3 rings (SSSR count). The van der Waals surface area contributed by atoms with E-state index in [-0.39, 0.29) is 11.7 Å². The zero-order chi connectivity index (χ0) is 16.2. The first-order valence-electron chi connectivity index (χ1n) is 7.21. The number of carbonyl (C=O) groups is 2. The van der Waals surface area contributed by atoms with Crippen LogP contribution in [0.5, 0.6) is 0 Å². The van der Waals surface area contributed by atoms with Crippen molar-refractivity contribution in [1.29, 1.82) is 0 Å². The molecule has 2 heterocycles. The molecule has 1 aliphatic heterocycles. The molecule has 2 aromatic rings. The van der Waals surface area contributed by atoms with Crippen molar-refractivity contribution >= 4 is 23.2 Å². The van der Waals surface area contributed by atoms with Crippen LogP contribution in [-0.4, -0.2) is 24.5 Å². The van der Waals surface area contributed by atoms with Gasteiger partial charge in [-0.05, 0) is 42.7 Å². The second kappa shape index (κ2) is 6.89. The predicted molar refractivity (Wildman–Crippen MR) is 84.3 cm³/mol. The lowest BCUT2D eigenvalue weighted by atomic mass is 10.2. The molecular weight excluding hydrogens is 319 g/mol. The first-order chi connectivity index (χ1) is 11.1. The Balaban J connectivity index is 1.59. The van der Waals surface area contributed by atoms with Crippen molar-refractivity contribution < 1.29 is 18.7 Å². The molecule has 7 heteroatoms. The van der Waals surface area contributed by atoms with Crippen LogP contribution in [0, 0.1) is 5.82 Å². The molecule has 1 aromatic carbocycles. The maximum Gasteiger partial charge on any atom is 0.279 e. The van der Waals surface area contributed by atoms with Crippen molar-refractivity contribution in [2.24, 2.45) is 0 Å². The Morgan fingerprint density at radius 2 is 1.91 bits per heavy atom. The molecule has 2 amide bonds. The number of nitrogens with one attached hydrogen (secondary N) is 2. The predicted octanol–water partition coefficient (Wildman–Crippen LogP) is 2.49. The van der Waals surface area contributed by atoms with E-state index in [1.165, 1.54) is 23.5 Å². The van der Waals surface area contributed by atoms with Crippen molar-refractivity contribution in [2.75, 3.05) is 6.61 Å². The van der Waals surface area contributed by atoms with Gasteiger partial charge in [-0.2, -0.15) is 0 Å². The van der Waals surface area contributed by atoms with Crippen LogP contribution in [0.2, 0.25) is 0 Å². The average molecular weight is 334 g/mol. The lowest BCUT2D eigenvalue weighted by Gasteiger charge is -2.10. The Bertz CT molecular complexity index is 708.